The molecule has 68 valence electrons. The molecule has 0 rings (SSSR count). The summed E-state index contributed by atoms with van der Waals surface area (Å²) in [6.45, 7) is 1.75. The molecule has 11 heavy (non-hydrogen) atoms. The summed E-state index contributed by atoms with van der Waals surface area (Å²) in [6.07, 6.45) is 0. The lowest BCUT2D eigenvalue weighted by Crippen LogP contribution is -2.46. The molecule has 0 N–H and O–H groups in total. The Hall–Kier alpha value is -0.130. The van der Waals surface area contributed by atoms with Crippen LogP contribution in [-0.2, 0) is 10.1 Å². The van der Waals surface area contributed by atoms with Crippen LogP contribution in [-0.4, -0.2) is 50.4 Å². The fraction of sp³-hybridized carbons (Fsp3) is 1.00. The molecule has 0 fully saturated rings. The van der Waals surface area contributed by atoms with Crippen LogP contribution in [0.5, 0.6) is 0 Å². The summed E-state index contributed by atoms with van der Waals surface area (Å²) in [6, 6.07) is -0.155. The van der Waals surface area contributed by atoms with Gasteiger partial charge in [-0.15, -0.1) is 0 Å². The maximum absolute atomic E-state index is 10.3. The third-order valence-electron chi connectivity index (χ3n) is 1.77. The van der Waals surface area contributed by atoms with Crippen molar-refractivity contribution < 1.29 is 17.5 Å². The summed E-state index contributed by atoms with van der Waals surface area (Å²) < 4.78 is 31.5. The van der Waals surface area contributed by atoms with Gasteiger partial charge >= 0.3 is 0 Å². The van der Waals surface area contributed by atoms with E-state index < -0.39 is 10.1 Å². The second kappa shape index (κ2) is 3.08. The van der Waals surface area contributed by atoms with Crippen molar-refractivity contribution in [2.75, 3.05) is 26.9 Å². The van der Waals surface area contributed by atoms with Crippen molar-refractivity contribution in [2.24, 2.45) is 0 Å². The summed E-state index contributed by atoms with van der Waals surface area (Å²) in [4.78, 5) is 0. The Kier molecular flexibility index (Phi) is 3.05. The van der Waals surface area contributed by atoms with E-state index in [-0.39, 0.29) is 11.8 Å². The zero-order valence-corrected chi connectivity index (χ0v) is 8.18. The summed E-state index contributed by atoms with van der Waals surface area (Å²) in [7, 11) is 1.50. The van der Waals surface area contributed by atoms with Gasteiger partial charge in [0, 0.05) is 0 Å². The molecule has 0 radical (unpaired) electrons. The third-order valence-corrected chi connectivity index (χ3v) is 2.66. The van der Waals surface area contributed by atoms with Crippen molar-refractivity contribution in [1.29, 1.82) is 0 Å². The number of quaternary nitrogens is 1. The maximum Gasteiger partial charge on any atom is 0.100 e. The molecule has 0 heterocycles. The van der Waals surface area contributed by atoms with Crippen LogP contribution in [0.25, 0.3) is 0 Å². The Morgan fingerprint density at radius 1 is 1.36 bits per heavy atom. The van der Waals surface area contributed by atoms with E-state index in [1.165, 1.54) is 0 Å². The van der Waals surface area contributed by atoms with Crippen molar-refractivity contribution in [3.63, 3.8) is 0 Å². The average Bonchev–Trinajstić information content (AvgIpc) is 1.56. The molecule has 0 aliphatic carbocycles. The SMILES string of the molecule is CC(CS(=O)(=O)[O-])[N+](C)(C)C. The standard InChI is InChI=1S/C6H15NO3S/c1-6(7(2,3)4)5-11(8,9)10/h6H,5H2,1-4H3. The first kappa shape index (κ1) is 10.9. The Balaban J connectivity index is 4.21. The van der Waals surface area contributed by atoms with Crippen molar-refractivity contribution in [1.82, 2.24) is 0 Å². The maximum atomic E-state index is 10.3. The van der Waals surface area contributed by atoms with Crippen LogP contribution in [0.4, 0.5) is 0 Å². The Bertz CT molecular complexity index is 214. The fourth-order valence-electron chi connectivity index (χ4n) is 0.519. The summed E-state index contributed by atoms with van der Waals surface area (Å²) in [5.74, 6) is -0.295. The molecule has 0 amide bonds. The van der Waals surface area contributed by atoms with Gasteiger partial charge in [0.2, 0.25) is 0 Å². The van der Waals surface area contributed by atoms with Gasteiger partial charge in [0.05, 0.1) is 32.9 Å². The van der Waals surface area contributed by atoms with Crippen LogP contribution in [0.1, 0.15) is 6.92 Å². The first-order valence-electron chi connectivity index (χ1n) is 3.37. The Labute approximate surface area is 68.2 Å². The zero-order valence-electron chi connectivity index (χ0n) is 7.36. The predicted molar refractivity (Wildman–Crippen MR) is 42.1 cm³/mol. The highest BCUT2D eigenvalue weighted by Crippen LogP contribution is 2.03. The van der Waals surface area contributed by atoms with Gasteiger partial charge < -0.3 is 9.04 Å². The highest BCUT2D eigenvalue weighted by atomic mass is 32.2. The van der Waals surface area contributed by atoms with E-state index in [2.05, 4.69) is 0 Å². The monoisotopic (exact) mass is 181 g/mol. The van der Waals surface area contributed by atoms with E-state index in [9.17, 15) is 13.0 Å². The lowest BCUT2D eigenvalue weighted by atomic mass is 10.3. The highest BCUT2D eigenvalue weighted by molar-refractivity contribution is 7.85. The molecule has 5 heteroatoms. The van der Waals surface area contributed by atoms with Crippen LogP contribution in [0, 0.1) is 0 Å². The van der Waals surface area contributed by atoms with Crippen LogP contribution in [0.3, 0.4) is 0 Å². The Morgan fingerprint density at radius 2 is 1.73 bits per heavy atom. The second-order valence-corrected chi connectivity index (χ2v) is 5.14. The normalized spacial score (nSPS) is 16.5. The first-order chi connectivity index (χ1) is 4.63. The van der Waals surface area contributed by atoms with E-state index in [1.54, 1.807) is 6.92 Å². The van der Waals surface area contributed by atoms with Crippen LogP contribution in [0.15, 0.2) is 0 Å². The molecule has 0 aliphatic heterocycles. The van der Waals surface area contributed by atoms with E-state index >= 15 is 0 Å². The third kappa shape index (κ3) is 5.17. The van der Waals surface area contributed by atoms with Crippen molar-refractivity contribution in [2.45, 2.75) is 13.0 Å². The molecule has 0 bridgehead atoms. The van der Waals surface area contributed by atoms with Gasteiger partial charge in [0.1, 0.15) is 10.1 Å². The van der Waals surface area contributed by atoms with Gasteiger partial charge in [-0.2, -0.15) is 0 Å². The molecular formula is C6H15NO3S. The lowest BCUT2D eigenvalue weighted by Gasteiger charge is -2.32. The number of hydrogen-bond donors (Lipinski definition) is 0. The first-order valence-corrected chi connectivity index (χ1v) is 4.95. The van der Waals surface area contributed by atoms with Gasteiger partial charge in [-0.3, -0.25) is 0 Å². The van der Waals surface area contributed by atoms with Gasteiger partial charge in [-0.05, 0) is 6.92 Å². The Morgan fingerprint density at radius 3 is 1.82 bits per heavy atom. The van der Waals surface area contributed by atoms with E-state index in [1.807, 2.05) is 21.1 Å². The molecule has 0 saturated carbocycles. The molecule has 1 unspecified atom stereocenters. The molecule has 4 nitrogen and oxygen atoms in total. The summed E-state index contributed by atoms with van der Waals surface area (Å²) in [5.41, 5.74) is 0. The van der Waals surface area contributed by atoms with E-state index in [0.29, 0.717) is 4.48 Å². The minimum atomic E-state index is -4.07. The minimum Gasteiger partial charge on any atom is -0.748 e. The largest absolute Gasteiger partial charge is 0.748 e. The van der Waals surface area contributed by atoms with Crippen LogP contribution in [0.2, 0.25) is 0 Å². The number of rotatable bonds is 3. The number of nitrogens with zero attached hydrogens (tertiary/aromatic N) is 1. The smallest absolute Gasteiger partial charge is 0.100 e. The highest BCUT2D eigenvalue weighted by Gasteiger charge is 2.20. The lowest BCUT2D eigenvalue weighted by molar-refractivity contribution is -0.891. The number of hydrogen-bond acceptors (Lipinski definition) is 3. The topological polar surface area (TPSA) is 57.2 Å². The molecule has 0 aromatic heterocycles. The molecule has 0 spiro atoms. The summed E-state index contributed by atoms with van der Waals surface area (Å²) >= 11 is 0. The van der Waals surface area contributed by atoms with Crippen LogP contribution < -0.4 is 0 Å². The second-order valence-electron chi connectivity index (χ2n) is 3.69. The quantitative estimate of drug-likeness (QED) is 0.441. The van der Waals surface area contributed by atoms with E-state index in [4.69, 9.17) is 0 Å². The molecular weight excluding hydrogens is 166 g/mol. The molecule has 0 aliphatic rings. The van der Waals surface area contributed by atoms with Crippen molar-refractivity contribution >= 4 is 10.1 Å². The van der Waals surface area contributed by atoms with Gasteiger partial charge in [-0.25, -0.2) is 8.42 Å². The van der Waals surface area contributed by atoms with Gasteiger partial charge in [0.25, 0.3) is 0 Å². The molecule has 0 saturated heterocycles. The zero-order chi connectivity index (χ0) is 9.28. The van der Waals surface area contributed by atoms with Gasteiger partial charge in [-0.1, -0.05) is 0 Å². The van der Waals surface area contributed by atoms with E-state index in [0.717, 1.165) is 0 Å². The molecule has 1 atom stereocenters. The average molecular weight is 181 g/mol. The minimum absolute atomic E-state index is 0.155. The summed E-state index contributed by atoms with van der Waals surface area (Å²) in [5, 5.41) is 0. The van der Waals surface area contributed by atoms with Crippen molar-refractivity contribution in [3.05, 3.63) is 0 Å². The molecule has 0 aromatic carbocycles. The van der Waals surface area contributed by atoms with Crippen molar-refractivity contribution in [3.8, 4) is 0 Å². The van der Waals surface area contributed by atoms with Gasteiger partial charge in [0.15, 0.2) is 0 Å². The molecule has 0 aromatic rings. The predicted octanol–water partition coefficient (Wildman–Crippen LogP) is -0.374. The van der Waals surface area contributed by atoms with Crippen LogP contribution >= 0.6 is 0 Å². The fourth-order valence-corrected chi connectivity index (χ4v) is 1.56.